The highest BCUT2D eigenvalue weighted by Gasteiger charge is 2.37. The van der Waals surface area contributed by atoms with Crippen molar-refractivity contribution in [1.29, 1.82) is 0 Å². The van der Waals surface area contributed by atoms with Gasteiger partial charge in [0, 0.05) is 49.7 Å². The van der Waals surface area contributed by atoms with E-state index in [2.05, 4.69) is 27.1 Å². The first-order valence-electron chi connectivity index (χ1n) is 9.02. The van der Waals surface area contributed by atoms with Crippen LogP contribution >= 0.6 is 0 Å². The Morgan fingerprint density at radius 3 is 2.82 bits per heavy atom. The van der Waals surface area contributed by atoms with E-state index in [1.54, 1.807) is 4.90 Å². The number of carbonyl (C=O) groups is 1. The van der Waals surface area contributed by atoms with Gasteiger partial charge in [0.05, 0.1) is 6.54 Å². The fraction of sp³-hybridized carbons (Fsp3) is 0.368. The number of hydrogen-bond donors (Lipinski definition) is 1. The smallest absolute Gasteiger partial charge is 0.343 e. The van der Waals surface area contributed by atoms with Gasteiger partial charge in [-0.15, -0.1) is 0 Å². The Morgan fingerprint density at radius 2 is 2.04 bits per heavy atom. The van der Waals surface area contributed by atoms with Crippen molar-refractivity contribution in [3.05, 3.63) is 53.5 Å². The lowest BCUT2D eigenvalue weighted by Crippen LogP contribution is -2.39. The van der Waals surface area contributed by atoms with Gasteiger partial charge in [0.25, 0.3) is 0 Å². The van der Waals surface area contributed by atoms with Crippen LogP contribution < -0.4 is 5.32 Å². The van der Waals surface area contributed by atoms with Crippen molar-refractivity contribution in [3.8, 4) is 0 Å². The Bertz CT molecular complexity index is 1020. The standard InChI is InChI=1S/C19H20F3N5O/c1-25-11-14(17(24-25)19(20,21)22)10-23-18(28)26-7-4-8-27-15(12-26)9-13-5-2-3-6-16(13)27/h2-3,5-6,9,11H,4,7-8,10,12H2,1H3,(H,23,28). The summed E-state index contributed by atoms with van der Waals surface area (Å²) in [4.78, 5) is 14.3. The van der Waals surface area contributed by atoms with E-state index in [1.165, 1.54) is 13.2 Å². The summed E-state index contributed by atoms with van der Waals surface area (Å²) in [5.41, 5.74) is 1.13. The lowest BCUT2D eigenvalue weighted by Gasteiger charge is -2.20. The van der Waals surface area contributed by atoms with Gasteiger partial charge in [0.15, 0.2) is 5.69 Å². The summed E-state index contributed by atoms with van der Waals surface area (Å²) in [7, 11) is 1.42. The lowest BCUT2D eigenvalue weighted by molar-refractivity contribution is -0.142. The molecule has 3 heterocycles. The number of nitrogens with zero attached hydrogens (tertiary/aromatic N) is 4. The number of carbonyl (C=O) groups excluding carboxylic acids is 1. The van der Waals surface area contributed by atoms with Gasteiger partial charge in [-0.2, -0.15) is 18.3 Å². The Balaban J connectivity index is 1.49. The van der Waals surface area contributed by atoms with Crippen molar-refractivity contribution in [1.82, 2.24) is 24.6 Å². The number of urea groups is 1. The van der Waals surface area contributed by atoms with Crippen molar-refractivity contribution < 1.29 is 18.0 Å². The van der Waals surface area contributed by atoms with Crippen molar-refractivity contribution >= 4 is 16.9 Å². The Kier molecular flexibility index (Phi) is 4.52. The van der Waals surface area contributed by atoms with Gasteiger partial charge in [-0.1, -0.05) is 18.2 Å². The van der Waals surface area contributed by atoms with Crippen molar-refractivity contribution in [3.63, 3.8) is 0 Å². The molecule has 0 aliphatic carbocycles. The fourth-order valence-corrected chi connectivity index (χ4v) is 3.72. The molecule has 6 nitrogen and oxygen atoms in total. The van der Waals surface area contributed by atoms with Crippen LogP contribution in [0, 0.1) is 0 Å². The quantitative estimate of drug-likeness (QED) is 0.727. The lowest BCUT2D eigenvalue weighted by atomic mass is 10.2. The summed E-state index contributed by atoms with van der Waals surface area (Å²) in [5, 5.41) is 7.19. The Morgan fingerprint density at radius 1 is 1.25 bits per heavy atom. The van der Waals surface area contributed by atoms with E-state index in [9.17, 15) is 18.0 Å². The van der Waals surface area contributed by atoms with E-state index >= 15 is 0 Å². The topological polar surface area (TPSA) is 55.1 Å². The number of aryl methyl sites for hydroxylation is 2. The minimum Gasteiger partial charge on any atom is -0.343 e. The van der Waals surface area contributed by atoms with Crippen LogP contribution in [0.15, 0.2) is 36.5 Å². The average Bonchev–Trinajstić information content (AvgIpc) is 3.12. The third-order valence-corrected chi connectivity index (χ3v) is 4.95. The summed E-state index contributed by atoms with van der Waals surface area (Å²) >= 11 is 0. The maximum atomic E-state index is 13.1. The Hall–Kier alpha value is -2.97. The van der Waals surface area contributed by atoms with Crippen LogP contribution in [0.2, 0.25) is 0 Å². The molecule has 1 aliphatic rings. The van der Waals surface area contributed by atoms with E-state index < -0.39 is 11.9 Å². The van der Waals surface area contributed by atoms with E-state index in [0.29, 0.717) is 13.1 Å². The third kappa shape index (κ3) is 3.44. The van der Waals surface area contributed by atoms with Crippen LogP contribution in [0.3, 0.4) is 0 Å². The number of para-hydroxylation sites is 1. The highest BCUT2D eigenvalue weighted by atomic mass is 19.4. The molecule has 0 fully saturated rings. The fourth-order valence-electron chi connectivity index (χ4n) is 3.72. The predicted molar refractivity (Wildman–Crippen MR) is 97.4 cm³/mol. The van der Waals surface area contributed by atoms with E-state index in [0.717, 1.165) is 34.2 Å². The van der Waals surface area contributed by atoms with Crippen LogP contribution in [0.1, 0.15) is 23.4 Å². The van der Waals surface area contributed by atoms with Crippen LogP contribution in [-0.4, -0.2) is 31.8 Å². The van der Waals surface area contributed by atoms with Gasteiger partial charge in [0.2, 0.25) is 0 Å². The zero-order chi connectivity index (χ0) is 19.9. The molecule has 3 aromatic rings. The molecule has 0 saturated heterocycles. The van der Waals surface area contributed by atoms with Gasteiger partial charge >= 0.3 is 12.2 Å². The van der Waals surface area contributed by atoms with Crippen LogP contribution in [0.4, 0.5) is 18.0 Å². The van der Waals surface area contributed by atoms with Gasteiger partial charge in [0.1, 0.15) is 0 Å². The average molecular weight is 391 g/mol. The van der Waals surface area contributed by atoms with Crippen LogP contribution in [0.25, 0.3) is 10.9 Å². The molecule has 0 saturated carbocycles. The monoisotopic (exact) mass is 391 g/mol. The van der Waals surface area contributed by atoms with Gasteiger partial charge in [-0.3, -0.25) is 4.68 Å². The molecule has 0 spiro atoms. The second kappa shape index (κ2) is 6.88. The molecule has 2 amide bonds. The number of aromatic nitrogens is 3. The van der Waals surface area contributed by atoms with E-state index in [1.807, 2.05) is 18.2 Å². The highest BCUT2D eigenvalue weighted by molar-refractivity contribution is 5.81. The summed E-state index contributed by atoms with van der Waals surface area (Å²) in [6.45, 7) is 1.54. The van der Waals surface area contributed by atoms with Gasteiger partial charge in [-0.25, -0.2) is 4.79 Å². The van der Waals surface area contributed by atoms with Crippen molar-refractivity contribution in [2.24, 2.45) is 7.05 Å². The summed E-state index contributed by atoms with van der Waals surface area (Å²) in [6.07, 6.45) is -2.49. The number of hydrogen-bond acceptors (Lipinski definition) is 2. The zero-order valence-electron chi connectivity index (χ0n) is 15.3. The molecule has 1 aliphatic heterocycles. The predicted octanol–water partition coefficient (Wildman–Crippen LogP) is 3.51. The number of rotatable bonds is 2. The number of alkyl halides is 3. The Labute approximate surface area is 159 Å². The molecule has 1 N–H and O–H groups in total. The molecule has 28 heavy (non-hydrogen) atoms. The van der Waals surface area contributed by atoms with Gasteiger partial charge in [-0.05, 0) is 23.9 Å². The SMILES string of the molecule is Cn1cc(CNC(=O)N2CCCn3c(cc4ccccc43)C2)c(C(F)(F)F)n1. The van der Waals surface area contributed by atoms with E-state index in [4.69, 9.17) is 0 Å². The maximum absolute atomic E-state index is 13.1. The molecule has 9 heteroatoms. The number of halogens is 3. The molecule has 148 valence electrons. The molecule has 4 rings (SSSR count). The minimum atomic E-state index is -4.55. The molecule has 0 bridgehead atoms. The molecule has 0 radical (unpaired) electrons. The van der Waals surface area contributed by atoms with Crippen molar-refractivity contribution in [2.45, 2.75) is 32.2 Å². The molecular weight excluding hydrogens is 371 g/mol. The molecular formula is C19H20F3N5O. The van der Waals surface area contributed by atoms with E-state index in [-0.39, 0.29) is 18.1 Å². The highest BCUT2D eigenvalue weighted by Crippen LogP contribution is 2.30. The van der Waals surface area contributed by atoms with Gasteiger partial charge < -0.3 is 14.8 Å². The summed E-state index contributed by atoms with van der Waals surface area (Å²) in [5.74, 6) is 0. The normalized spacial score (nSPS) is 14.8. The minimum absolute atomic E-state index is 0.0488. The van der Waals surface area contributed by atoms with Crippen LogP contribution in [0.5, 0.6) is 0 Å². The number of fused-ring (bicyclic) bond motifs is 3. The van der Waals surface area contributed by atoms with Crippen molar-refractivity contribution in [2.75, 3.05) is 6.54 Å². The molecule has 0 atom stereocenters. The summed E-state index contributed by atoms with van der Waals surface area (Å²) in [6, 6.07) is 9.72. The zero-order valence-corrected chi connectivity index (χ0v) is 15.3. The first kappa shape index (κ1) is 18.4. The number of amides is 2. The first-order chi connectivity index (χ1) is 13.3. The molecule has 1 aromatic carbocycles. The van der Waals surface area contributed by atoms with Crippen LogP contribution in [-0.2, 0) is 32.9 Å². The third-order valence-electron chi connectivity index (χ3n) is 4.95. The second-order valence-corrected chi connectivity index (χ2v) is 6.95. The summed E-state index contributed by atoms with van der Waals surface area (Å²) < 4.78 is 42.5. The maximum Gasteiger partial charge on any atom is 0.435 e. The first-order valence-corrected chi connectivity index (χ1v) is 9.02. The number of benzene rings is 1. The largest absolute Gasteiger partial charge is 0.435 e. The molecule has 2 aromatic heterocycles. The number of nitrogens with one attached hydrogen (secondary N) is 1. The second-order valence-electron chi connectivity index (χ2n) is 6.95. The molecule has 0 unspecified atom stereocenters.